The van der Waals surface area contributed by atoms with Gasteiger partial charge in [0, 0.05) is 0 Å². The molecule has 21 heavy (non-hydrogen) atoms. The van der Waals surface area contributed by atoms with E-state index in [0.717, 1.165) is 6.42 Å². The zero-order valence-electron chi connectivity index (χ0n) is 12.5. The van der Waals surface area contributed by atoms with Crippen LogP contribution in [0.5, 0.6) is 0 Å². The Bertz CT molecular complexity index is 752. The Morgan fingerprint density at radius 2 is 1.38 bits per heavy atom. The van der Waals surface area contributed by atoms with Crippen molar-refractivity contribution in [3.05, 3.63) is 77.9 Å². The number of fused-ring (bicyclic) bond motifs is 3. The molecule has 3 aromatic rings. The molecule has 0 heterocycles. The molecule has 0 aliphatic heterocycles. The van der Waals surface area contributed by atoms with Crippen molar-refractivity contribution in [2.24, 2.45) is 0 Å². The van der Waals surface area contributed by atoms with Crippen LogP contribution in [0.4, 0.5) is 0 Å². The summed E-state index contributed by atoms with van der Waals surface area (Å²) in [5.41, 5.74) is 2.85. The molecule has 1 aliphatic carbocycles. The fourth-order valence-corrected chi connectivity index (χ4v) is 2.52. The number of hydrogen-bond acceptors (Lipinski definition) is 0. The number of rotatable bonds is 0. The van der Waals surface area contributed by atoms with Crippen LogP contribution in [0, 0.1) is 6.08 Å². The molecule has 0 unspecified atom stereocenters. The van der Waals surface area contributed by atoms with Crippen LogP contribution in [-0.4, -0.2) is 0 Å². The van der Waals surface area contributed by atoms with Gasteiger partial charge in [-0.25, -0.2) is 11.6 Å². The fourth-order valence-electron chi connectivity index (χ4n) is 2.52. The molecule has 1 aliphatic rings. The van der Waals surface area contributed by atoms with Crippen molar-refractivity contribution in [1.82, 2.24) is 0 Å². The molecule has 0 nitrogen and oxygen atoms in total. The molecule has 0 atom stereocenters. The Morgan fingerprint density at radius 1 is 0.857 bits per heavy atom. The van der Waals surface area contributed by atoms with Crippen LogP contribution in [0.1, 0.15) is 20.3 Å². The van der Waals surface area contributed by atoms with E-state index in [0.29, 0.717) is 0 Å². The summed E-state index contributed by atoms with van der Waals surface area (Å²) in [6, 6.07) is 19.3. The van der Waals surface area contributed by atoms with Crippen molar-refractivity contribution in [3.63, 3.8) is 0 Å². The molecule has 4 rings (SSSR count). The van der Waals surface area contributed by atoms with Crippen LogP contribution in [-0.2, 0) is 26.2 Å². The smallest absolute Gasteiger partial charge is 0.272 e. The molecule has 102 valence electrons. The predicted octanol–water partition coefficient (Wildman–Crippen LogP) is 5.80. The summed E-state index contributed by atoms with van der Waals surface area (Å²) in [5, 5.41) is 5.39. The van der Waals surface area contributed by atoms with E-state index in [2.05, 4.69) is 80.6 Å². The maximum absolute atomic E-state index is 3.12. The van der Waals surface area contributed by atoms with Gasteiger partial charge in [-0.1, -0.05) is 43.3 Å². The first-order valence-electron chi connectivity index (χ1n) is 7.02. The van der Waals surface area contributed by atoms with Gasteiger partial charge in [0.2, 0.25) is 0 Å². The summed E-state index contributed by atoms with van der Waals surface area (Å²) < 4.78 is 0. The van der Waals surface area contributed by atoms with Gasteiger partial charge in [0.1, 0.15) is 0 Å². The van der Waals surface area contributed by atoms with Crippen molar-refractivity contribution < 1.29 is 26.2 Å². The molecule has 0 aromatic heterocycles. The first-order chi connectivity index (χ1) is 9.75. The second kappa shape index (κ2) is 7.09. The summed E-state index contributed by atoms with van der Waals surface area (Å²) in [7, 11) is 0. The van der Waals surface area contributed by atoms with E-state index in [1.54, 1.807) is 0 Å². The maximum Gasteiger partial charge on any atom is 2.00 e. The van der Waals surface area contributed by atoms with Gasteiger partial charge in [-0.15, -0.1) is 53.1 Å². The quantitative estimate of drug-likeness (QED) is 0.450. The van der Waals surface area contributed by atoms with E-state index < -0.39 is 0 Å². The molecule has 3 aromatic carbocycles. The van der Waals surface area contributed by atoms with Crippen LogP contribution >= 0.6 is 0 Å². The minimum Gasteiger partial charge on any atom is -0.272 e. The maximum atomic E-state index is 3.12. The van der Waals surface area contributed by atoms with Crippen molar-refractivity contribution in [2.75, 3.05) is 0 Å². The van der Waals surface area contributed by atoms with Crippen LogP contribution in [0.2, 0.25) is 0 Å². The third-order valence-corrected chi connectivity index (χ3v) is 3.88. The van der Waals surface area contributed by atoms with E-state index >= 15 is 0 Å². The zero-order chi connectivity index (χ0) is 13.9. The summed E-state index contributed by atoms with van der Waals surface area (Å²) in [5.74, 6) is 0. The van der Waals surface area contributed by atoms with Gasteiger partial charge in [0.05, 0.1) is 0 Å². The Balaban J connectivity index is 0.000000174. The van der Waals surface area contributed by atoms with Gasteiger partial charge in [0.15, 0.2) is 0 Å². The van der Waals surface area contributed by atoms with E-state index in [1.165, 1.54) is 32.7 Å². The minimum atomic E-state index is 0. The SMILES string of the molecule is CC1=C(C)C[C-]=C1.[Zr+2].c1ccc2c(c1)[cH-]c1ccccc12. The normalized spacial score (nSPS) is 13.2. The van der Waals surface area contributed by atoms with Gasteiger partial charge in [0.25, 0.3) is 0 Å². The molecular formula is C20H18Zr. The van der Waals surface area contributed by atoms with Crippen LogP contribution in [0.25, 0.3) is 21.5 Å². The van der Waals surface area contributed by atoms with E-state index in [4.69, 9.17) is 0 Å². The minimum absolute atomic E-state index is 0. The molecule has 0 spiro atoms. The van der Waals surface area contributed by atoms with Gasteiger partial charge in [-0.05, 0) is 0 Å². The van der Waals surface area contributed by atoms with E-state index in [-0.39, 0.29) is 26.2 Å². The average molecular weight is 350 g/mol. The largest absolute Gasteiger partial charge is 2.00 e. The van der Waals surface area contributed by atoms with Crippen molar-refractivity contribution >= 4 is 21.5 Å². The molecule has 0 saturated carbocycles. The zero-order valence-corrected chi connectivity index (χ0v) is 14.9. The first kappa shape index (κ1) is 16.1. The molecule has 0 saturated heterocycles. The topological polar surface area (TPSA) is 0 Å². The van der Waals surface area contributed by atoms with Gasteiger partial charge in [-0.3, -0.25) is 6.08 Å². The van der Waals surface area contributed by atoms with Gasteiger partial charge < -0.3 is 0 Å². The van der Waals surface area contributed by atoms with E-state index in [1.807, 2.05) is 0 Å². The van der Waals surface area contributed by atoms with Gasteiger partial charge in [-0.2, -0.15) is 5.57 Å². The second-order valence-electron chi connectivity index (χ2n) is 5.31. The molecule has 0 N–H and O–H groups in total. The summed E-state index contributed by atoms with van der Waals surface area (Å²) in [4.78, 5) is 0. The van der Waals surface area contributed by atoms with Crippen LogP contribution in [0.3, 0.4) is 0 Å². The first-order valence-corrected chi connectivity index (χ1v) is 7.02. The second-order valence-corrected chi connectivity index (χ2v) is 5.31. The van der Waals surface area contributed by atoms with E-state index in [9.17, 15) is 0 Å². The third-order valence-electron chi connectivity index (χ3n) is 3.88. The summed E-state index contributed by atoms with van der Waals surface area (Å²) >= 11 is 0. The molecule has 0 fully saturated rings. The Kier molecular flexibility index (Phi) is 5.42. The van der Waals surface area contributed by atoms with Crippen LogP contribution in [0.15, 0.2) is 71.8 Å². The molecule has 0 bridgehead atoms. The Labute approximate surface area is 145 Å². The Hall–Kier alpha value is -1.33. The van der Waals surface area contributed by atoms with Gasteiger partial charge >= 0.3 is 26.2 Å². The number of allylic oxidation sites excluding steroid dienone is 4. The third kappa shape index (κ3) is 3.47. The van der Waals surface area contributed by atoms with Crippen molar-refractivity contribution in [3.8, 4) is 0 Å². The van der Waals surface area contributed by atoms with Crippen molar-refractivity contribution in [1.29, 1.82) is 0 Å². The number of hydrogen-bond donors (Lipinski definition) is 0. The monoisotopic (exact) mass is 348 g/mol. The summed E-state index contributed by atoms with van der Waals surface area (Å²) in [6.07, 6.45) is 6.22. The summed E-state index contributed by atoms with van der Waals surface area (Å²) in [6.45, 7) is 4.27. The average Bonchev–Trinajstić information content (AvgIpc) is 3.03. The standard InChI is InChI=1S/C13H9.C7H9.Zr/c1-3-7-12-10(5-1)9-11-6-2-4-8-13(11)12;1-6-4-3-5-7(6)2;/h1-9H;4H,5H2,1-2H3;/q2*-1;+2. The Morgan fingerprint density at radius 3 is 1.76 bits per heavy atom. The number of benzene rings is 2. The fraction of sp³-hybridized carbons (Fsp3) is 0.150. The molecule has 1 heteroatoms. The molecule has 0 amide bonds. The van der Waals surface area contributed by atoms with Crippen LogP contribution < -0.4 is 0 Å². The molecular weight excluding hydrogens is 331 g/mol. The van der Waals surface area contributed by atoms with Crippen molar-refractivity contribution in [2.45, 2.75) is 20.3 Å². The molecule has 0 radical (unpaired) electrons. The predicted molar refractivity (Wildman–Crippen MR) is 87.9 cm³/mol.